The van der Waals surface area contributed by atoms with Gasteiger partial charge in [0.1, 0.15) is 0 Å². The van der Waals surface area contributed by atoms with Crippen molar-refractivity contribution < 1.29 is 8.42 Å². The van der Waals surface area contributed by atoms with Crippen molar-refractivity contribution in [2.75, 3.05) is 13.1 Å². The minimum atomic E-state index is -3.62. The summed E-state index contributed by atoms with van der Waals surface area (Å²) in [5.74, 6) is 1.56. The minimum Gasteiger partial charge on any atom is -0.357 e. The van der Waals surface area contributed by atoms with Gasteiger partial charge in [-0.25, -0.2) is 13.6 Å². The molecule has 0 bridgehead atoms. The second-order valence-electron chi connectivity index (χ2n) is 5.66. The van der Waals surface area contributed by atoms with Gasteiger partial charge in [0.15, 0.2) is 5.96 Å². The number of nitrogens with one attached hydrogen (secondary N) is 2. The fraction of sp³-hybridized carbons (Fsp3) is 0.533. The monoisotopic (exact) mass is 324 g/mol. The van der Waals surface area contributed by atoms with Gasteiger partial charge in [-0.1, -0.05) is 19.1 Å². The molecule has 0 aromatic heterocycles. The third-order valence-electron chi connectivity index (χ3n) is 3.70. The Kier molecular flexibility index (Phi) is 5.42. The lowest BCUT2D eigenvalue weighted by atomic mass is 10.1. The number of hydrogen-bond acceptors (Lipinski definition) is 3. The van der Waals surface area contributed by atoms with Gasteiger partial charge in [-0.15, -0.1) is 0 Å². The van der Waals surface area contributed by atoms with Crippen LogP contribution in [0.1, 0.15) is 25.8 Å². The number of benzene rings is 1. The minimum absolute atomic E-state index is 0.137. The molecule has 7 heteroatoms. The normalized spacial score (nSPS) is 21.5. The van der Waals surface area contributed by atoms with Crippen molar-refractivity contribution in [1.82, 2.24) is 10.6 Å². The van der Waals surface area contributed by atoms with Gasteiger partial charge in [0, 0.05) is 19.1 Å². The summed E-state index contributed by atoms with van der Waals surface area (Å²) >= 11 is 0. The molecule has 122 valence electrons. The summed E-state index contributed by atoms with van der Waals surface area (Å²) < 4.78 is 22.4. The predicted molar refractivity (Wildman–Crippen MR) is 88.2 cm³/mol. The number of hydrogen-bond donors (Lipinski definition) is 3. The highest BCUT2D eigenvalue weighted by atomic mass is 32.2. The van der Waals surface area contributed by atoms with Crippen molar-refractivity contribution in [3.63, 3.8) is 0 Å². The number of nitrogens with zero attached hydrogens (tertiary/aromatic N) is 1. The van der Waals surface area contributed by atoms with E-state index in [4.69, 9.17) is 5.14 Å². The maximum Gasteiger partial charge on any atom is 0.238 e. The van der Waals surface area contributed by atoms with Gasteiger partial charge in [-0.2, -0.15) is 0 Å². The van der Waals surface area contributed by atoms with Crippen LogP contribution in [0.15, 0.2) is 34.2 Å². The lowest BCUT2D eigenvalue weighted by Crippen LogP contribution is -2.39. The van der Waals surface area contributed by atoms with Gasteiger partial charge in [-0.05, 0) is 43.4 Å². The quantitative estimate of drug-likeness (QED) is 0.533. The molecule has 0 amide bonds. The molecular formula is C15H24N4O2S. The summed E-state index contributed by atoms with van der Waals surface area (Å²) in [6, 6.07) is 7.15. The highest BCUT2D eigenvalue weighted by Crippen LogP contribution is 2.28. The van der Waals surface area contributed by atoms with E-state index >= 15 is 0 Å². The van der Waals surface area contributed by atoms with Crippen LogP contribution in [0, 0.1) is 5.92 Å². The Hall–Kier alpha value is -1.60. The van der Waals surface area contributed by atoms with Crippen molar-refractivity contribution in [3.05, 3.63) is 29.8 Å². The SMILES string of the molecule is CCNC(=NCCc1ccc(S(N)(=O)=O)cc1)NC1CC1C. The lowest BCUT2D eigenvalue weighted by molar-refractivity contribution is 0.598. The molecule has 6 nitrogen and oxygen atoms in total. The third kappa shape index (κ3) is 4.99. The van der Waals surface area contributed by atoms with Gasteiger partial charge in [0.25, 0.3) is 0 Å². The Balaban J connectivity index is 1.89. The van der Waals surface area contributed by atoms with E-state index in [1.807, 2.05) is 6.92 Å². The molecule has 0 heterocycles. The topological polar surface area (TPSA) is 96.6 Å². The molecule has 1 fully saturated rings. The smallest absolute Gasteiger partial charge is 0.238 e. The van der Waals surface area contributed by atoms with Crippen molar-refractivity contribution in [2.24, 2.45) is 16.0 Å². The molecule has 1 aromatic carbocycles. The number of aliphatic imine (C=N–C) groups is 1. The molecule has 1 saturated carbocycles. The Bertz CT molecular complexity index is 625. The van der Waals surface area contributed by atoms with Crippen LogP contribution < -0.4 is 15.8 Å². The van der Waals surface area contributed by atoms with E-state index in [0.29, 0.717) is 12.6 Å². The maximum atomic E-state index is 11.2. The van der Waals surface area contributed by atoms with Crippen LogP contribution in [-0.2, 0) is 16.4 Å². The number of rotatable bonds is 6. The molecule has 2 unspecified atom stereocenters. The fourth-order valence-electron chi connectivity index (χ4n) is 2.16. The van der Waals surface area contributed by atoms with E-state index in [1.54, 1.807) is 12.1 Å². The van der Waals surface area contributed by atoms with Crippen molar-refractivity contribution >= 4 is 16.0 Å². The molecule has 1 aromatic rings. The van der Waals surface area contributed by atoms with E-state index in [2.05, 4.69) is 22.5 Å². The molecule has 1 aliphatic rings. The summed E-state index contributed by atoms with van der Waals surface area (Å²) in [6.07, 6.45) is 1.95. The molecular weight excluding hydrogens is 300 g/mol. The second-order valence-corrected chi connectivity index (χ2v) is 7.22. The number of sulfonamides is 1. The van der Waals surface area contributed by atoms with Crippen LogP contribution in [0.4, 0.5) is 0 Å². The van der Waals surface area contributed by atoms with Gasteiger partial charge >= 0.3 is 0 Å². The van der Waals surface area contributed by atoms with Crippen molar-refractivity contribution in [2.45, 2.75) is 37.6 Å². The highest BCUT2D eigenvalue weighted by molar-refractivity contribution is 7.89. The average molecular weight is 324 g/mol. The van der Waals surface area contributed by atoms with Crippen LogP contribution in [0.5, 0.6) is 0 Å². The molecule has 0 spiro atoms. The molecule has 0 saturated heterocycles. The summed E-state index contributed by atoms with van der Waals surface area (Å²) in [7, 11) is -3.62. The summed E-state index contributed by atoms with van der Waals surface area (Å²) in [5.41, 5.74) is 1.03. The zero-order chi connectivity index (χ0) is 16.2. The van der Waals surface area contributed by atoms with Gasteiger partial charge < -0.3 is 10.6 Å². The van der Waals surface area contributed by atoms with Crippen molar-refractivity contribution in [1.29, 1.82) is 0 Å². The molecule has 4 N–H and O–H groups in total. The number of primary sulfonamides is 1. The molecule has 1 aliphatic carbocycles. The molecule has 0 radical (unpaired) electrons. The zero-order valence-electron chi connectivity index (χ0n) is 13.0. The summed E-state index contributed by atoms with van der Waals surface area (Å²) in [4.78, 5) is 4.68. The Morgan fingerprint density at radius 2 is 2.00 bits per heavy atom. The zero-order valence-corrected chi connectivity index (χ0v) is 13.9. The standard InChI is InChI=1S/C15H24N4O2S/c1-3-17-15(19-14-10-11(14)2)18-9-8-12-4-6-13(7-5-12)22(16,20)21/h4-7,11,14H,3,8-10H2,1-2H3,(H2,16,20,21)(H2,17,18,19). The van der Waals surface area contributed by atoms with Crippen LogP contribution >= 0.6 is 0 Å². The van der Waals surface area contributed by atoms with E-state index < -0.39 is 10.0 Å². The Morgan fingerprint density at radius 1 is 1.36 bits per heavy atom. The van der Waals surface area contributed by atoms with Crippen LogP contribution in [-0.4, -0.2) is 33.5 Å². The van der Waals surface area contributed by atoms with Crippen LogP contribution in [0.2, 0.25) is 0 Å². The largest absolute Gasteiger partial charge is 0.357 e. The fourth-order valence-corrected chi connectivity index (χ4v) is 2.68. The van der Waals surface area contributed by atoms with Gasteiger partial charge in [0.2, 0.25) is 10.0 Å². The van der Waals surface area contributed by atoms with E-state index in [1.165, 1.54) is 18.6 Å². The maximum absolute atomic E-state index is 11.2. The molecule has 22 heavy (non-hydrogen) atoms. The summed E-state index contributed by atoms with van der Waals surface area (Å²) in [6.45, 7) is 5.73. The average Bonchev–Trinajstić information content (AvgIpc) is 3.14. The van der Waals surface area contributed by atoms with Crippen LogP contribution in [0.3, 0.4) is 0 Å². The first-order valence-corrected chi connectivity index (χ1v) is 9.11. The second kappa shape index (κ2) is 7.11. The first-order chi connectivity index (χ1) is 10.4. The number of guanidine groups is 1. The molecule has 2 atom stereocenters. The Morgan fingerprint density at radius 3 is 2.50 bits per heavy atom. The highest BCUT2D eigenvalue weighted by Gasteiger charge is 2.33. The van der Waals surface area contributed by atoms with E-state index in [-0.39, 0.29) is 4.90 Å². The van der Waals surface area contributed by atoms with E-state index in [9.17, 15) is 8.42 Å². The molecule has 2 rings (SSSR count). The Labute approximate surface area is 132 Å². The van der Waals surface area contributed by atoms with Crippen molar-refractivity contribution in [3.8, 4) is 0 Å². The van der Waals surface area contributed by atoms with Crippen LogP contribution in [0.25, 0.3) is 0 Å². The first kappa shape index (κ1) is 16.8. The first-order valence-electron chi connectivity index (χ1n) is 7.56. The molecule has 0 aliphatic heterocycles. The number of nitrogens with two attached hydrogens (primary N) is 1. The third-order valence-corrected chi connectivity index (χ3v) is 4.63. The summed E-state index contributed by atoms with van der Waals surface area (Å²) in [5, 5.41) is 11.7. The van der Waals surface area contributed by atoms with Gasteiger partial charge in [-0.3, -0.25) is 4.99 Å². The predicted octanol–water partition coefficient (Wildman–Crippen LogP) is 0.840. The van der Waals surface area contributed by atoms with Gasteiger partial charge in [0.05, 0.1) is 4.90 Å². The van der Waals surface area contributed by atoms with E-state index in [0.717, 1.165) is 30.4 Å². The lowest BCUT2D eigenvalue weighted by Gasteiger charge is -2.10.